The van der Waals surface area contributed by atoms with Crippen molar-refractivity contribution in [2.75, 3.05) is 19.0 Å². The maximum absolute atomic E-state index is 13.9. The third-order valence-corrected chi connectivity index (χ3v) is 5.16. The van der Waals surface area contributed by atoms with Crippen molar-refractivity contribution in [1.82, 2.24) is 4.90 Å². The fraction of sp³-hybridized carbons (Fsp3) is 0.364. The van der Waals surface area contributed by atoms with Gasteiger partial charge in [-0.2, -0.15) is 0 Å². The normalized spacial score (nSPS) is 14.0. The summed E-state index contributed by atoms with van der Waals surface area (Å²) in [6.45, 7) is 2.02. The van der Waals surface area contributed by atoms with E-state index < -0.39 is 17.7 Å². The summed E-state index contributed by atoms with van der Waals surface area (Å²) < 4.78 is 33.0. The van der Waals surface area contributed by atoms with Crippen LogP contribution in [0.2, 0.25) is 0 Å². The van der Waals surface area contributed by atoms with Crippen LogP contribution in [0.5, 0.6) is 5.75 Å². The minimum Gasteiger partial charge on any atom is -0.494 e. The lowest BCUT2D eigenvalue weighted by molar-refractivity contribution is -0.132. The number of carbonyl (C=O) groups is 2. The summed E-state index contributed by atoms with van der Waals surface area (Å²) in [5, 5.41) is 2.82. The number of amides is 2. The quantitative estimate of drug-likeness (QED) is 0.705. The van der Waals surface area contributed by atoms with Gasteiger partial charge in [0.1, 0.15) is 17.4 Å². The Hall–Kier alpha value is -2.96. The molecular formula is C22H24F2N2O3. The Kier molecular flexibility index (Phi) is 6.46. The highest BCUT2D eigenvalue weighted by Gasteiger charge is 2.20. The summed E-state index contributed by atoms with van der Waals surface area (Å²) in [4.78, 5) is 25.2. The molecule has 0 aliphatic carbocycles. The SMILES string of the molecule is CC(c1cc(F)ccc1F)N(C)C(=O)CCCOc1ccc2c(c1)CCC(=O)N2. The number of hydrogen-bond acceptors (Lipinski definition) is 3. The van der Waals surface area contributed by atoms with Crippen LogP contribution >= 0.6 is 0 Å². The number of anilines is 1. The molecule has 1 atom stereocenters. The van der Waals surface area contributed by atoms with Gasteiger partial charge in [-0.1, -0.05) is 0 Å². The van der Waals surface area contributed by atoms with Crippen molar-refractivity contribution in [3.8, 4) is 5.75 Å². The molecule has 29 heavy (non-hydrogen) atoms. The van der Waals surface area contributed by atoms with Crippen LogP contribution in [-0.2, 0) is 16.0 Å². The lowest BCUT2D eigenvalue weighted by Gasteiger charge is -2.26. The topological polar surface area (TPSA) is 58.6 Å². The second-order valence-electron chi connectivity index (χ2n) is 7.17. The molecule has 2 amide bonds. The van der Waals surface area contributed by atoms with Crippen molar-refractivity contribution in [2.45, 2.75) is 38.6 Å². The van der Waals surface area contributed by atoms with Crippen LogP contribution in [0.25, 0.3) is 0 Å². The Balaban J connectivity index is 1.48. The van der Waals surface area contributed by atoms with E-state index in [2.05, 4.69) is 5.32 Å². The smallest absolute Gasteiger partial charge is 0.224 e. The van der Waals surface area contributed by atoms with E-state index in [0.29, 0.717) is 31.6 Å². The van der Waals surface area contributed by atoms with Crippen LogP contribution < -0.4 is 10.1 Å². The molecule has 0 saturated heterocycles. The molecule has 5 nitrogen and oxygen atoms in total. The van der Waals surface area contributed by atoms with Gasteiger partial charge in [0.2, 0.25) is 11.8 Å². The number of hydrogen-bond donors (Lipinski definition) is 1. The van der Waals surface area contributed by atoms with Crippen LogP contribution in [0.3, 0.4) is 0 Å². The van der Waals surface area contributed by atoms with Crippen LogP contribution in [0.15, 0.2) is 36.4 Å². The van der Waals surface area contributed by atoms with Crippen LogP contribution in [0.4, 0.5) is 14.5 Å². The highest BCUT2D eigenvalue weighted by atomic mass is 19.1. The zero-order chi connectivity index (χ0) is 21.0. The number of halogens is 2. The van der Waals surface area contributed by atoms with Crippen molar-refractivity contribution in [3.05, 3.63) is 59.2 Å². The monoisotopic (exact) mass is 402 g/mol. The molecular weight excluding hydrogens is 378 g/mol. The second-order valence-corrected chi connectivity index (χ2v) is 7.17. The molecule has 0 bridgehead atoms. The highest BCUT2D eigenvalue weighted by molar-refractivity contribution is 5.94. The van der Waals surface area contributed by atoms with E-state index in [1.807, 2.05) is 12.1 Å². The number of aryl methyl sites for hydroxylation is 1. The average Bonchev–Trinajstić information content (AvgIpc) is 2.71. The first kappa shape index (κ1) is 20.8. The Morgan fingerprint density at radius 3 is 2.79 bits per heavy atom. The van der Waals surface area contributed by atoms with Gasteiger partial charge in [0.25, 0.3) is 0 Å². The molecule has 1 heterocycles. The Labute approximate surface area is 168 Å². The van der Waals surface area contributed by atoms with Gasteiger partial charge in [-0.05, 0) is 61.7 Å². The number of nitrogens with one attached hydrogen (secondary N) is 1. The first-order chi connectivity index (χ1) is 13.8. The van der Waals surface area contributed by atoms with Gasteiger partial charge in [0.05, 0.1) is 12.6 Å². The molecule has 0 saturated carbocycles. The molecule has 0 aromatic heterocycles. The van der Waals surface area contributed by atoms with E-state index in [1.165, 1.54) is 4.90 Å². The van der Waals surface area contributed by atoms with Gasteiger partial charge >= 0.3 is 0 Å². The molecule has 154 valence electrons. The number of rotatable bonds is 7. The lowest BCUT2D eigenvalue weighted by Crippen LogP contribution is -2.30. The van der Waals surface area contributed by atoms with E-state index in [0.717, 1.165) is 29.4 Å². The van der Waals surface area contributed by atoms with Gasteiger partial charge in [0.15, 0.2) is 0 Å². The number of nitrogens with zero attached hydrogens (tertiary/aromatic N) is 1. The molecule has 0 radical (unpaired) electrons. The Bertz CT molecular complexity index is 917. The van der Waals surface area contributed by atoms with E-state index in [4.69, 9.17) is 4.74 Å². The van der Waals surface area contributed by atoms with Crippen molar-refractivity contribution < 1.29 is 23.1 Å². The molecule has 7 heteroatoms. The first-order valence-electron chi connectivity index (χ1n) is 9.61. The summed E-state index contributed by atoms with van der Waals surface area (Å²) in [5.41, 5.74) is 1.99. The zero-order valence-corrected chi connectivity index (χ0v) is 16.5. The molecule has 1 N–H and O–H groups in total. The van der Waals surface area contributed by atoms with Gasteiger partial charge < -0.3 is 15.0 Å². The largest absolute Gasteiger partial charge is 0.494 e. The fourth-order valence-corrected chi connectivity index (χ4v) is 3.30. The van der Waals surface area contributed by atoms with Crippen LogP contribution in [0, 0.1) is 11.6 Å². The summed E-state index contributed by atoms with van der Waals surface area (Å²) in [6.07, 6.45) is 1.87. The molecule has 1 aliphatic rings. The third-order valence-electron chi connectivity index (χ3n) is 5.16. The standard InChI is InChI=1S/C22H24F2N2O3/c1-14(18-13-16(23)6-8-19(18)24)26(2)22(28)4-3-11-29-17-7-9-20-15(12-17)5-10-21(27)25-20/h6-9,12-14H,3-5,10-11H2,1-2H3,(H,25,27). The molecule has 0 spiro atoms. The number of ether oxygens (including phenoxy) is 1. The average molecular weight is 402 g/mol. The predicted octanol–water partition coefficient (Wildman–Crippen LogP) is 4.23. The lowest BCUT2D eigenvalue weighted by atomic mass is 10.0. The van der Waals surface area contributed by atoms with Crippen LogP contribution in [-0.4, -0.2) is 30.4 Å². The minimum absolute atomic E-state index is 0.0150. The van der Waals surface area contributed by atoms with Gasteiger partial charge in [0, 0.05) is 31.1 Å². The van der Waals surface area contributed by atoms with Gasteiger partial charge in [-0.3, -0.25) is 9.59 Å². The predicted molar refractivity (Wildman–Crippen MR) is 106 cm³/mol. The van der Waals surface area contributed by atoms with E-state index in [-0.39, 0.29) is 23.8 Å². The molecule has 2 aromatic rings. The third kappa shape index (κ3) is 5.10. The summed E-state index contributed by atoms with van der Waals surface area (Å²) in [7, 11) is 1.58. The molecule has 2 aromatic carbocycles. The van der Waals surface area contributed by atoms with Gasteiger partial charge in [-0.15, -0.1) is 0 Å². The minimum atomic E-state index is -0.574. The fourth-order valence-electron chi connectivity index (χ4n) is 3.30. The van der Waals surface area contributed by atoms with Gasteiger partial charge in [-0.25, -0.2) is 8.78 Å². The van der Waals surface area contributed by atoms with Crippen LogP contribution in [0.1, 0.15) is 43.4 Å². The molecule has 3 rings (SSSR count). The molecule has 1 unspecified atom stereocenters. The molecule has 0 fully saturated rings. The summed E-state index contributed by atoms with van der Waals surface area (Å²) >= 11 is 0. The van der Waals surface area contributed by atoms with E-state index >= 15 is 0 Å². The Morgan fingerprint density at radius 1 is 1.21 bits per heavy atom. The number of benzene rings is 2. The molecule has 1 aliphatic heterocycles. The van der Waals surface area contributed by atoms with E-state index in [1.54, 1.807) is 20.0 Å². The maximum atomic E-state index is 13.9. The second kappa shape index (κ2) is 9.03. The van der Waals surface area contributed by atoms with Crippen molar-refractivity contribution in [3.63, 3.8) is 0 Å². The first-order valence-corrected chi connectivity index (χ1v) is 9.61. The van der Waals surface area contributed by atoms with Crippen molar-refractivity contribution in [1.29, 1.82) is 0 Å². The number of carbonyl (C=O) groups excluding carboxylic acids is 2. The van der Waals surface area contributed by atoms with E-state index in [9.17, 15) is 18.4 Å². The Morgan fingerprint density at radius 2 is 2.00 bits per heavy atom. The van der Waals surface area contributed by atoms with Crippen molar-refractivity contribution >= 4 is 17.5 Å². The summed E-state index contributed by atoms with van der Waals surface area (Å²) in [5.74, 6) is -0.535. The maximum Gasteiger partial charge on any atom is 0.224 e. The zero-order valence-electron chi connectivity index (χ0n) is 16.5. The summed E-state index contributed by atoms with van der Waals surface area (Å²) in [6, 6.07) is 8.16. The van der Waals surface area contributed by atoms with Crippen molar-refractivity contribution in [2.24, 2.45) is 0 Å². The highest BCUT2D eigenvalue weighted by Crippen LogP contribution is 2.27. The number of fused-ring (bicyclic) bond motifs is 1.